The van der Waals surface area contributed by atoms with Crippen molar-refractivity contribution in [2.24, 2.45) is 5.73 Å². The summed E-state index contributed by atoms with van der Waals surface area (Å²) in [4.78, 5) is 13.1. The van der Waals surface area contributed by atoms with Crippen LogP contribution in [-0.2, 0) is 4.79 Å². The zero-order valence-corrected chi connectivity index (χ0v) is 10.1. The van der Waals surface area contributed by atoms with E-state index in [9.17, 15) is 9.18 Å². The highest BCUT2D eigenvalue weighted by atomic mass is 127. The van der Waals surface area contributed by atoms with Gasteiger partial charge in [0.2, 0.25) is 5.91 Å². The molecule has 0 aromatic heterocycles. The van der Waals surface area contributed by atoms with E-state index in [1.165, 1.54) is 12.1 Å². The monoisotopic (exact) mass is 320 g/mol. The Labute approximate surface area is 101 Å². The van der Waals surface area contributed by atoms with Crippen LogP contribution in [0.2, 0.25) is 0 Å². The molecule has 3 nitrogen and oxygen atoms in total. The molecule has 0 saturated carbocycles. The SMILES string of the molecule is NC1CC(=O)N(c2cc(F)ccc2I)C1. The molecule has 0 spiro atoms. The summed E-state index contributed by atoms with van der Waals surface area (Å²) in [5.41, 5.74) is 6.30. The normalized spacial score (nSPS) is 21.1. The van der Waals surface area contributed by atoms with Gasteiger partial charge in [0, 0.05) is 22.6 Å². The van der Waals surface area contributed by atoms with Crippen molar-refractivity contribution in [1.29, 1.82) is 0 Å². The highest BCUT2D eigenvalue weighted by Gasteiger charge is 2.29. The average molecular weight is 320 g/mol. The van der Waals surface area contributed by atoms with E-state index in [0.29, 0.717) is 18.7 Å². The number of rotatable bonds is 1. The van der Waals surface area contributed by atoms with Crippen LogP contribution in [0.25, 0.3) is 0 Å². The maximum absolute atomic E-state index is 13.1. The first-order valence-electron chi connectivity index (χ1n) is 4.59. The van der Waals surface area contributed by atoms with Crippen molar-refractivity contribution < 1.29 is 9.18 Å². The minimum Gasteiger partial charge on any atom is -0.326 e. The number of carbonyl (C=O) groups is 1. The van der Waals surface area contributed by atoms with Crippen LogP contribution >= 0.6 is 22.6 Å². The quantitative estimate of drug-likeness (QED) is 0.797. The van der Waals surface area contributed by atoms with Crippen LogP contribution in [0.15, 0.2) is 18.2 Å². The van der Waals surface area contributed by atoms with Gasteiger partial charge in [0.15, 0.2) is 0 Å². The Morgan fingerprint density at radius 3 is 2.87 bits per heavy atom. The van der Waals surface area contributed by atoms with Gasteiger partial charge in [-0.15, -0.1) is 0 Å². The van der Waals surface area contributed by atoms with Crippen molar-refractivity contribution in [3.63, 3.8) is 0 Å². The maximum Gasteiger partial charge on any atom is 0.228 e. The molecule has 1 aliphatic heterocycles. The molecule has 5 heteroatoms. The summed E-state index contributed by atoms with van der Waals surface area (Å²) in [7, 11) is 0. The Morgan fingerprint density at radius 1 is 1.53 bits per heavy atom. The van der Waals surface area contributed by atoms with Gasteiger partial charge in [-0.3, -0.25) is 4.79 Å². The van der Waals surface area contributed by atoms with E-state index in [1.54, 1.807) is 11.0 Å². The van der Waals surface area contributed by atoms with Gasteiger partial charge < -0.3 is 10.6 Å². The van der Waals surface area contributed by atoms with Crippen LogP contribution in [0, 0.1) is 9.39 Å². The van der Waals surface area contributed by atoms with Gasteiger partial charge in [-0.1, -0.05) is 0 Å². The Hall–Kier alpha value is -0.690. The molecule has 1 aliphatic rings. The third-order valence-electron chi connectivity index (χ3n) is 2.35. The number of anilines is 1. The first-order chi connectivity index (χ1) is 7.08. The lowest BCUT2D eigenvalue weighted by Gasteiger charge is -2.17. The van der Waals surface area contributed by atoms with Gasteiger partial charge in [0.1, 0.15) is 5.82 Å². The Balaban J connectivity index is 2.37. The van der Waals surface area contributed by atoms with Crippen molar-refractivity contribution in [3.05, 3.63) is 27.6 Å². The summed E-state index contributed by atoms with van der Waals surface area (Å²) in [6, 6.07) is 4.27. The second kappa shape index (κ2) is 4.05. The number of halogens is 2. The largest absolute Gasteiger partial charge is 0.326 e. The molecule has 1 aromatic rings. The van der Waals surface area contributed by atoms with Crippen LogP contribution in [-0.4, -0.2) is 18.5 Å². The fraction of sp³-hybridized carbons (Fsp3) is 0.300. The molecule has 0 radical (unpaired) electrons. The molecule has 1 heterocycles. The lowest BCUT2D eigenvalue weighted by atomic mass is 10.3. The van der Waals surface area contributed by atoms with E-state index in [0.717, 1.165) is 3.57 Å². The number of amides is 1. The standard InChI is InChI=1S/C10H10FIN2O/c11-6-1-2-8(12)9(3-6)14-5-7(13)4-10(14)15/h1-3,7H,4-5,13H2. The summed E-state index contributed by atoms with van der Waals surface area (Å²) in [6.45, 7) is 0.471. The zero-order valence-electron chi connectivity index (χ0n) is 7.91. The third-order valence-corrected chi connectivity index (χ3v) is 3.27. The lowest BCUT2D eigenvalue weighted by molar-refractivity contribution is -0.117. The van der Waals surface area contributed by atoms with E-state index in [4.69, 9.17) is 5.73 Å². The van der Waals surface area contributed by atoms with Crippen molar-refractivity contribution in [3.8, 4) is 0 Å². The molecule has 1 atom stereocenters. The topological polar surface area (TPSA) is 46.3 Å². The molecule has 1 saturated heterocycles. The second-order valence-electron chi connectivity index (χ2n) is 3.56. The molecular formula is C10H10FIN2O. The zero-order chi connectivity index (χ0) is 11.0. The molecule has 1 fully saturated rings. The van der Waals surface area contributed by atoms with Crippen LogP contribution in [0.1, 0.15) is 6.42 Å². The summed E-state index contributed by atoms with van der Waals surface area (Å²) in [6.07, 6.45) is 0.340. The fourth-order valence-corrected chi connectivity index (χ4v) is 2.29. The fourth-order valence-electron chi connectivity index (χ4n) is 1.66. The molecule has 1 unspecified atom stereocenters. The molecule has 80 valence electrons. The van der Waals surface area contributed by atoms with Crippen LogP contribution in [0.4, 0.5) is 10.1 Å². The van der Waals surface area contributed by atoms with Crippen LogP contribution < -0.4 is 10.6 Å². The molecule has 15 heavy (non-hydrogen) atoms. The van der Waals surface area contributed by atoms with Gasteiger partial charge in [-0.2, -0.15) is 0 Å². The summed E-state index contributed by atoms with van der Waals surface area (Å²) >= 11 is 2.08. The number of hydrogen-bond acceptors (Lipinski definition) is 2. The van der Waals surface area contributed by atoms with Crippen molar-refractivity contribution >= 4 is 34.2 Å². The average Bonchev–Trinajstić information content (AvgIpc) is 2.50. The molecule has 0 bridgehead atoms. The molecule has 1 aromatic carbocycles. The predicted octanol–water partition coefficient (Wildman–Crippen LogP) is 1.49. The highest BCUT2D eigenvalue weighted by Crippen LogP contribution is 2.27. The Morgan fingerprint density at radius 2 is 2.27 bits per heavy atom. The second-order valence-corrected chi connectivity index (χ2v) is 4.73. The van der Waals surface area contributed by atoms with E-state index in [-0.39, 0.29) is 17.8 Å². The summed E-state index contributed by atoms with van der Waals surface area (Å²) < 4.78 is 13.9. The van der Waals surface area contributed by atoms with Gasteiger partial charge in [0.25, 0.3) is 0 Å². The number of hydrogen-bond donors (Lipinski definition) is 1. The maximum atomic E-state index is 13.1. The summed E-state index contributed by atoms with van der Waals surface area (Å²) in [5, 5.41) is 0. The van der Waals surface area contributed by atoms with E-state index in [2.05, 4.69) is 22.6 Å². The first kappa shape index (κ1) is 10.8. The third kappa shape index (κ3) is 2.12. The number of nitrogens with two attached hydrogens (primary N) is 1. The molecular weight excluding hydrogens is 310 g/mol. The van der Waals surface area contributed by atoms with E-state index >= 15 is 0 Å². The van der Waals surface area contributed by atoms with Crippen molar-refractivity contribution in [2.45, 2.75) is 12.5 Å². The van der Waals surface area contributed by atoms with Gasteiger partial charge in [-0.05, 0) is 40.8 Å². The van der Waals surface area contributed by atoms with Gasteiger partial charge in [-0.25, -0.2) is 4.39 Å². The Bertz CT molecular complexity index is 410. The molecule has 2 rings (SSSR count). The molecule has 1 amide bonds. The van der Waals surface area contributed by atoms with Crippen molar-refractivity contribution in [1.82, 2.24) is 0 Å². The van der Waals surface area contributed by atoms with Crippen molar-refractivity contribution in [2.75, 3.05) is 11.4 Å². The highest BCUT2D eigenvalue weighted by molar-refractivity contribution is 14.1. The smallest absolute Gasteiger partial charge is 0.228 e. The minimum absolute atomic E-state index is 0.0361. The van der Waals surface area contributed by atoms with Crippen LogP contribution in [0.3, 0.4) is 0 Å². The summed E-state index contributed by atoms with van der Waals surface area (Å²) in [5.74, 6) is -0.371. The lowest BCUT2D eigenvalue weighted by Crippen LogP contribution is -2.28. The van der Waals surface area contributed by atoms with Crippen LogP contribution in [0.5, 0.6) is 0 Å². The Kier molecular flexibility index (Phi) is 2.92. The van der Waals surface area contributed by atoms with Gasteiger partial charge in [0.05, 0.1) is 5.69 Å². The van der Waals surface area contributed by atoms with E-state index < -0.39 is 0 Å². The molecule has 0 aliphatic carbocycles. The van der Waals surface area contributed by atoms with E-state index in [1.807, 2.05) is 0 Å². The predicted molar refractivity (Wildman–Crippen MR) is 64.1 cm³/mol. The number of carbonyl (C=O) groups excluding carboxylic acids is 1. The minimum atomic E-state index is -0.335. The first-order valence-corrected chi connectivity index (χ1v) is 5.67. The number of nitrogens with zero attached hydrogens (tertiary/aromatic N) is 1. The van der Waals surface area contributed by atoms with Gasteiger partial charge >= 0.3 is 0 Å². The molecule has 2 N–H and O–H groups in total. The number of benzene rings is 1.